The highest BCUT2D eigenvalue weighted by molar-refractivity contribution is 5.05. The van der Waals surface area contributed by atoms with Gasteiger partial charge in [0.25, 0.3) is 0 Å². The summed E-state index contributed by atoms with van der Waals surface area (Å²) < 4.78 is 0. The first-order chi connectivity index (χ1) is 6.67. The number of fused-ring (bicyclic) bond motifs is 1. The highest BCUT2D eigenvalue weighted by Gasteiger charge is 2.50. The standard InChI is InChI=1S/C12H22N2/c1-12(2)8-11(12)14-7-6-13-5-3-4-10(13)9-14/h10-11H,3-9H2,1-2H3. The van der Waals surface area contributed by atoms with Gasteiger partial charge >= 0.3 is 0 Å². The SMILES string of the molecule is CC1(C)CC1N1CCN2CCCC2C1. The Labute approximate surface area is 87.3 Å². The Morgan fingerprint density at radius 3 is 2.50 bits per heavy atom. The Balaban J connectivity index is 1.63. The first-order valence-electron chi connectivity index (χ1n) is 6.15. The van der Waals surface area contributed by atoms with Crippen molar-refractivity contribution in [2.24, 2.45) is 5.41 Å². The Bertz CT molecular complexity index is 236. The molecular weight excluding hydrogens is 172 g/mol. The third kappa shape index (κ3) is 1.40. The predicted molar refractivity (Wildman–Crippen MR) is 58.4 cm³/mol. The number of piperazine rings is 1. The van der Waals surface area contributed by atoms with Crippen molar-refractivity contribution >= 4 is 0 Å². The van der Waals surface area contributed by atoms with Gasteiger partial charge < -0.3 is 0 Å². The molecule has 0 amide bonds. The Hall–Kier alpha value is -0.0800. The summed E-state index contributed by atoms with van der Waals surface area (Å²) in [7, 11) is 0. The maximum absolute atomic E-state index is 2.76. The zero-order chi connectivity index (χ0) is 9.76. The van der Waals surface area contributed by atoms with Crippen LogP contribution >= 0.6 is 0 Å². The molecule has 2 heteroatoms. The van der Waals surface area contributed by atoms with E-state index >= 15 is 0 Å². The predicted octanol–water partition coefficient (Wildman–Crippen LogP) is 1.56. The van der Waals surface area contributed by atoms with E-state index in [0.717, 1.165) is 12.1 Å². The number of nitrogens with zero attached hydrogens (tertiary/aromatic N) is 2. The monoisotopic (exact) mass is 194 g/mol. The molecule has 0 spiro atoms. The van der Waals surface area contributed by atoms with Gasteiger partial charge in [0.1, 0.15) is 0 Å². The molecule has 3 aliphatic rings. The van der Waals surface area contributed by atoms with Crippen LogP contribution in [0, 0.1) is 5.41 Å². The van der Waals surface area contributed by atoms with Crippen LogP contribution in [-0.4, -0.2) is 48.1 Å². The van der Waals surface area contributed by atoms with E-state index in [0.29, 0.717) is 5.41 Å². The van der Waals surface area contributed by atoms with Crippen molar-refractivity contribution < 1.29 is 0 Å². The van der Waals surface area contributed by atoms with E-state index in [1.807, 2.05) is 0 Å². The number of rotatable bonds is 1. The molecule has 0 N–H and O–H groups in total. The molecule has 0 radical (unpaired) electrons. The third-order valence-electron chi connectivity index (χ3n) is 4.52. The molecule has 0 aromatic carbocycles. The Morgan fingerprint density at radius 2 is 1.79 bits per heavy atom. The summed E-state index contributed by atoms with van der Waals surface area (Å²) in [6.45, 7) is 10.2. The van der Waals surface area contributed by atoms with E-state index in [9.17, 15) is 0 Å². The fourth-order valence-electron chi connectivity index (χ4n) is 3.36. The number of hydrogen-bond donors (Lipinski definition) is 0. The molecule has 2 unspecified atom stereocenters. The lowest BCUT2D eigenvalue weighted by Gasteiger charge is -2.38. The molecule has 2 atom stereocenters. The van der Waals surface area contributed by atoms with E-state index in [1.165, 1.54) is 45.4 Å². The second-order valence-electron chi connectivity index (χ2n) is 6.04. The first kappa shape index (κ1) is 9.17. The summed E-state index contributed by atoms with van der Waals surface area (Å²) in [6, 6.07) is 1.81. The topological polar surface area (TPSA) is 6.48 Å². The fourth-order valence-corrected chi connectivity index (χ4v) is 3.36. The lowest BCUT2D eigenvalue weighted by Crippen LogP contribution is -2.51. The lowest BCUT2D eigenvalue weighted by molar-refractivity contribution is 0.0902. The van der Waals surface area contributed by atoms with Crippen molar-refractivity contribution in [1.82, 2.24) is 9.80 Å². The molecule has 2 aliphatic heterocycles. The van der Waals surface area contributed by atoms with Crippen LogP contribution in [0.4, 0.5) is 0 Å². The second kappa shape index (κ2) is 2.96. The minimum Gasteiger partial charge on any atom is -0.298 e. The normalized spacial score (nSPS) is 42.4. The van der Waals surface area contributed by atoms with Crippen LogP contribution in [0.1, 0.15) is 33.1 Å². The summed E-state index contributed by atoms with van der Waals surface area (Å²) in [4.78, 5) is 5.46. The first-order valence-corrected chi connectivity index (χ1v) is 6.15. The maximum Gasteiger partial charge on any atom is 0.0224 e. The van der Waals surface area contributed by atoms with Crippen molar-refractivity contribution in [3.05, 3.63) is 0 Å². The van der Waals surface area contributed by atoms with Crippen LogP contribution in [0.5, 0.6) is 0 Å². The van der Waals surface area contributed by atoms with Crippen LogP contribution in [0.25, 0.3) is 0 Å². The van der Waals surface area contributed by atoms with Gasteiger partial charge in [-0.3, -0.25) is 9.80 Å². The van der Waals surface area contributed by atoms with Crippen LogP contribution < -0.4 is 0 Å². The van der Waals surface area contributed by atoms with Gasteiger partial charge in [-0.05, 0) is 31.2 Å². The van der Waals surface area contributed by atoms with Gasteiger partial charge in [-0.15, -0.1) is 0 Å². The largest absolute Gasteiger partial charge is 0.298 e. The molecular formula is C12H22N2. The smallest absolute Gasteiger partial charge is 0.0224 e. The average molecular weight is 194 g/mol. The van der Waals surface area contributed by atoms with E-state index < -0.39 is 0 Å². The quantitative estimate of drug-likeness (QED) is 0.625. The summed E-state index contributed by atoms with van der Waals surface area (Å²) >= 11 is 0. The lowest BCUT2D eigenvalue weighted by atomic mass is 10.1. The molecule has 3 fully saturated rings. The molecule has 2 saturated heterocycles. The van der Waals surface area contributed by atoms with Crippen LogP contribution in [0.15, 0.2) is 0 Å². The Morgan fingerprint density at radius 1 is 1.07 bits per heavy atom. The molecule has 0 bridgehead atoms. The summed E-state index contributed by atoms with van der Waals surface area (Å²) in [5.41, 5.74) is 0.626. The molecule has 1 saturated carbocycles. The van der Waals surface area contributed by atoms with Crippen molar-refractivity contribution in [3.63, 3.8) is 0 Å². The average Bonchev–Trinajstić information content (AvgIpc) is 2.63. The highest BCUT2D eigenvalue weighted by atomic mass is 15.3. The molecule has 1 aliphatic carbocycles. The van der Waals surface area contributed by atoms with Gasteiger partial charge in [0.05, 0.1) is 0 Å². The molecule has 80 valence electrons. The van der Waals surface area contributed by atoms with Gasteiger partial charge in [-0.2, -0.15) is 0 Å². The van der Waals surface area contributed by atoms with E-state index in [4.69, 9.17) is 0 Å². The summed E-state index contributed by atoms with van der Waals surface area (Å²) in [6.07, 6.45) is 4.32. The molecule has 2 heterocycles. The molecule has 0 aromatic heterocycles. The molecule has 3 rings (SSSR count). The highest BCUT2D eigenvalue weighted by Crippen LogP contribution is 2.49. The Kier molecular flexibility index (Phi) is 1.94. The number of hydrogen-bond acceptors (Lipinski definition) is 2. The van der Waals surface area contributed by atoms with E-state index in [1.54, 1.807) is 0 Å². The zero-order valence-corrected chi connectivity index (χ0v) is 9.50. The maximum atomic E-state index is 2.76. The molecule has 0 aromatic rings. The van der Waals surface area contributed by atoms with Crippen LogP contribution in [0.2, 0.25) is 0 Å². The van der Waals surface area contributed by atoms with Gasteiger partial charge in [0.2, 0.25) is 0 Å². The van der Waals surface area contributed by atoms with E-state index in [2.05, 4.69) is 23.6 Å². The minimum atomic E-state index is 0.626. The zero-order valence-electron chi connectivity index (χ0n) is 9.50. The van der Waals surface area contributed by atoms with Crippen LogP contribution in [-0.2, 0) is 0 Å². The van der Waals surface area contributed by atoms with Crippen molar-refractivity contribution in [2.75, 3.05) is 26.2 Å². The fraction of sp³-hybridized carbons (Fsp3) is 1.00. The van der Waals surface area contributed by atoms with Crippen molar-refractivity contribution in [3.8, 4) is 0 Å². The minimum absolute atomic E-state index is 0.626. The van der Waals surface area contributed by atoms with Crippen molar-refractivity contribution in [1.29, 1.82) is 0 Å². The second-order valence-corrected chi connectivity index (χ2v) is 6.04. The van der Waals surface area contributed by atoms with Gasteiger partial charge in [0, 0.05) is 31.7 Å². The van der Waals surface area contributed by atoms with Gasteiger partial charge in [0.15, 0.2) is 0 Å². The molecule has 14 heavy (non-hydrogen) atoms. The van der Waals surface area contributed by atoms with Gasteiger partial charge in [-0.25, -0.2) is 0 Å². The van der Waals surface area contributed by atoms with Crippen molar-refractivity contribution in [2.45, 2.75) is 45.2 Å². The van der Waals surface area contributed by atoms with E-state index in [-0.39, 0.29) is 0 Å². The summed E-state index contributed by atoms with van der Waals surface area (Å²) in [5.74, 6) is 0. The summed E-state index contributed by atoms with van der Waals surface area (Å²) in [5, 5.41) is 0. The third-order valence-corrected chi connectivity index (χ3v) is 4.52. The molecule has 2 nitrogen and oxygen atoms in total. The van der Waals surface area contributed by atoms with Crippen LogP contribution in [0.3, 0.4) is 0 Å². The van der Waals surface area contributed by atoms with Gasteiger partial charge in [-0.1, -0.05) is 13.8 Å².